The molecule has 0 fully saturated rings. The van der Waals surface area contributed by atoms with E-state index in [1.165, 1.54) is 16.6 Å². The molecule has 0 aliphatic heterocycles. The number of halogens is 1. The molecular formula is C12H9ClN4S2. The number of anilines is 1. The Morgan fingerprint density at radius 1 is 1.32 bits per heavy atom. The van der Waals surface area contributed by atoms with E-state index < -0.39 is 0 Å². The van der Waals surface area contributed by atoms with E-state index in [1.54, 1.807) is 11.3 Å². The molecule has 0 amide bonds. The summed E-state index contributed by atoms with van der Waals surface area (Å²) in [6, 6.07) is 3.82. The zero-order chi connectivity index (χ0) is 13.0. The van der Waals surface area contributed by atoms with Crippen molar-refractivity contribution in [3.05, 3.63) is 33.3 Å². The van der Waals surface area contributed by atoms with Crippen LogP contribution in [-0.2, 0) is 6.42 Å². The van der Waals surface area contributed by atoms with Gasteiger partial charge in [0.25, 0.3) is 0 Å². The minimum atomic E-state index is 0.255. The summed E-state index contributed by atoms with van der Waals surface area (Å²) < 4.78 is 8.69. The Bertz CT molecular complexity index is 779. The highest BCUT2D eigenvalue weighted by atomic mass is 35.5. The molecule has 4 nitrogen and oxygen atoms in total. The van der Waals surface area contributed by atoms with Gasteiger partial charge in [-0.2, -0.15) is 8.75 Å². The van der Waals surface area contributed by atoms with Crippen molar-refractivity contribution in [1.29, 1.82) is 0 Å². The van der Waals surface area contributed by atoms with Gasteiger partial charge in [0.05, 0.1) is 17.4 Å². The molecule has 4 rings (SSSR count). The van der Waals surface area contributed by atoms with E-state index in [4.69, 9.17) is 17.3 Å². The van der Waals surface area contributed by atoms with E-state index in [-0.39, 0.29) is 5.92 Å². The molecule has 2 N–H and O–H groups in total. The quantitative estimate of drug-likeness (QED) is 0.747. The molecule has 96 valence electrons. The molecule has 19 heavy (non-hydrogen) atoms. The first kappa shape index (κ1) is 11.6. The number of hydrogen-bond donors (Lipinski definition) is 1. The highest BCUT2D eigenvalue weighted by Crippen LogP contribution is 2.46. The first-order chi connectivity index (χ1) is 9.24. The van der Waals surface area contributed by atoms with Gasteiger partial charge in [-0.25, -0.2) is 4.98 Å². The lowest BCUT2D eigenvalue weighted by molar-refractivity contribution is 0.795. The molecule has 0 bridgehead atoms. The number of hydrogen-bond acceptors (Lipinski definition) is 6. The van der Waals surface area contributed by atoms with E-state index >= 15 is 0 Å². The number of aryl methyl sites for hydroxylation is 1. The highest BCUT2D eigenvalue weighted by Gasteiger charge is 2.31. The van der Waals surface area contributed by atoms with E-state index in [9.17, 15) is 0 Å². The van der Waals surface area contributed by atoms with Crippen LogP contribution >= 0.6 is 34.7 Å². The first-order valence-corrected chi connectivity index (χ1v) is 7.82. The third-order valence-electron chi connectivity index (χ3n) is 3.49. The number of nitrogens with two attached hydrogens (primary N) is 1. The van der Waals surface area contributed by atoms with Crippen molar-refractivity contribution in [2.75, 3.05) is 5.73 Å². The predicted molar refractivity (Wildman–Crippen MR) is 79.1 cm³/mol. The second-order valence-corrected chi connectivity index (χ2v) is 6.55. The predicted octanol–water partition coefficient (Wildman–Crippen LogP) is 3.46. The van der Waals surface area contributed by atoms with Crippen molar-refractivity contribution < 1.29 is 0 Å². The summed E-state index contributed by atoms with van der Waals surface area (Å²) in [5.41, 5.74) is 9.83. The Labute approximate surface area is 122 Å². The molecule has 3 aromatic rings. The number of rotatable bonds is 1. The number of aromatic nitrogens is 3. The lowest BCUT2D eigenvalue weighted by Gasteiger charge is -2.12. The van der Waals surface area contributed by atoms with E-state index in [0.29, 0.717) is 5.13 Å². The molecule has 2 aromatic heterocycles. The molecule has 7 heteroatoms. The number of nitrogen functional groups attached to an aromatic ring is 1. The fraction of sp³-hybridized carbons (Fsp3) is 0.250. The summed E-state index contributed by atoms with van der Waals surface area (Å²) in [5.74, 6) is 0.255. The third kappa shape index (κ3) is 1.67. The standard InChI is InChI=1S/C12H9ClN4S2/c13-6-2-4-7-10(17-19-16-7)9(6)5-1-3-8-11(5)18-12(14)15-8/h2,4-5H,1,3H2,(H2,14,15). The Morgan fingerprint density at radius 2 is 2.21 bits per heavy atom. The molecule has 1 aromatic carbocycles. The topological polar surface area (TPSA) is 64.7 Å². The largest absolute Gasteiger partial charge is 0.375 e. The molecule has 0 saturated heterocycles. The van der Waals surface area contributed by atoms with E-state index in [1.807, 2.05) is 12.1 Å². The summed E-state index contributed by atoms with van der Waals surface area (Å²) in [6.45, 7) is 0. The normalized spacial score (nSPS) is 18.1. The zero-order valence-corrected chi connectivity index (χ0v) is 12.1. The van der Waals surface area contributed by atoms with Gasteiger partial charge in [0.15, 0.2) is 5.13 Å². The van der Waals surface area contributed by atoms with Crippen LogP contribution in [0.4, 0.5) is 5.13 Å². The average molecular weight is 309 g/mol. The lowest BCUT2D eigenvalue weighted by Crippen LogP contribution is -1.97. The van der Waals surface area contributed by atoms with Crippen molar-refractivity contribution in [2.45, 2.75) is 18.8 Å². The molecular weight excluding hydrogens is 300 g/mol. The molecule has 0 radical (unpaired) electrons. The van der Waals surface area contributed by atoms with Gasteiger partial charge >= 0.3 is 0 Å². The molecule has 1 aliphatic carbocycles. The molecule has 1 aliphatic rings. The Kier molecular flexibility index (Phi) is 2.51. The molecule has 1 atom stereocenters. The Balaban J connectivity index is 1.96. The van der Waals surface area contributed by atoms with E-state index in [0.717, 1.165) is 40.2 Å². The van der Waals surface area contributed by atoms with Gasteiger partial charge in [-0.1, -0.05) is 11.6 Å². The number of benzene rings is 1. The van der Waals surface area contributed by atoms with Crippen molar-refractivity contribution in [2.24, 2.45) is 0 Å². The van der Waals surface area contributed by atoms with Gasteiger partial charge in [-0.15, -0.1) is 11.3 Å². The third-order valence-corrected chi connectivity index (χ3v) is 5.41. The molecule has 2 heterocycles. The maximum absolute atomic E-state index is 6.40. The maximum Gasteiger partial charge on any atom is 0.180 e. The smallest absolute Gasteiger partial charge is 0.180 e. The minimum Gasteiger partial charge on any atom is -0.375 e. The zero-order valence-electron chi connectivity index (χ0n) is 9.76. The van der Waals surface area contributed by atoms with Crippen molar-refractivity contribution in [1.82, 2.24) is 13.7 Å². The molecule has 1 unspecified atom stereocenters. The van der Waals surface area contributed by atoms with Crippen LogP contribution in [0.25, 0.3) is 11.0 Å². The van der Waals surface area contributed by atoms with Crippen LogP contribution in [0.3, 0.4) is 0 Å². The van der Waals surface area contributed by atoms with Gasteiger partial charge in [-0.3, -0.25) is 0 Å². The van der Waals surface area contributed by atoms with Crippen molar-refractivity contribution in [3.63, 3.8) is 0 Å². The molecule has 0 saturated carbocycles. The maximum atomic E-state index is 6.40. The van der Waals surface area contributed by atoms with Crippen LogP contribution in [0.15, 0.2) is 12.1 Å². The Hall–Kier alpha value is -1.24. The fourth-order valence-electron chi connectivity index (χ4n) is 2.70. The summed E-state index contributed by atoms with van der Waals surface area (Å²) in [6.07, 6.45) is 1.97. The van der Waals surface area contributed by atoms with Gasteiger partial charge in [-0.05, 0) is 25.0 Å². The fourth-order valence-corrected chi connectivity index (χ4v) is 4.56. The second kappa shape index (κ2) is 4.13. The summed E-state index contributed by atoms with van der Waals surface area (Å²) in [4.78, 5) is 5.62. The second-order valence-electron chi connectivity index (χ2n) is 4.55. The lowest BCUT2D eigenvalue weighted by atomic mass is 9.97. The number of thiazole rings is 1. The van der Waals surface area contributed by atoms with Gasteiger partial charge < -0.3 is 5.73 Å². The van der Waals surface area contributed by atoms with Crippen LogP contribution < -0.4 is 5.73 Å². The van der Waals surface area contributed by atoms with Crippen molar-refractivity contribution >= 4 is 50.8 Å². The summed E-state index contributed by atoms with van der Waals surface area (Å²) in [7, 11) is 0. The summed E-state index contributed by atoms with van der Waals surface area (Å²) in [5, 5.41) is 1.39. The van der Waals surface area contributed by atoms with Gasteiger partial charge in [0.1, 0.15) is 11.0 Å². The van der Waals surface area contributed by atoms with Crippen LogP contribution in [0, 0.1) is 0 Å². The van der Waals surface area contributed by atoms with Crippen LogP contribution in [0.2, 0.25) is 5.02 Å². The number of nitrogens with zero attached hydrogens (tertiary/aromatic N) is 3. The summed E-state index contributed by atoms with van der Waals surface area (Å²) >= 11 is 9.19. The average Bonchev–Trinajstić information content (AvgIpc) is 3.04. The van der Waals surface area contributed by atoms with E-state index in [2.05, 4.69) is 13.7 Å². The number of fused-ring (bicyclic) bond motifs is 2. The molecule has 0 spiro atoms. The van der Waals surface area contributed by atoms with Crippen LogP contribution in [0.5, 0.6) is 0 Å². The Morgan fingerprint density at radius 3 is 3.11 bits per heavy atom. The monoisotopic (exact) mass is 308 g/mol. The highest BCUT2D eigenvalue weighted by molar-refractivity contribution is 7.15. The van der Waals surface area contributed by atoms with Gasteiger partial charge in [0, 0.05) is 21.4 Å². The SMILES string of the molecule is Nc1nc2c(s1)C(c1c(Cl)ccc3nsnc13)CC2. The van der Waals surface area contributed by atoms with Crippen molar-refractivity contribution in [3.8, 4) is 0 Å². The van der Waals surface area contributed by atoms with Crippen LogP contribution in [0.1, 0.15) is 28.5 Å². The van der Waals surface area contributed by atoms with Gasteiger partial charge in [0.2, 0.25) is 0 Å². The van der Waals surface area contributed by atoms with Crippen LogP contribution in [-0.4, -0.2) is 13.7 Å². The first-order valence-electron chi connectivity index (χ1n) is 5.90. The minimum absolute atomic E-state index is 0.255.